The lowest BCUT2D eigenvalue weighted by Gasteiger charge is -2.08. The molecule has 120 valence electrons. The molecule has 3 nitrogen and oxygen atoms in total. The van der Waals surface area contributed by atoms with Gasteiger partial charge in [0.2, 0.25) is 0 Å². The number of rotatable bonds is 4. The minimum atomic E-state index is -3.64. The SMILES string of the molecule is Cc1ccc(S(=O)(=O)n2cc(CCI)c3ccc(Cl)cc32)cc1. The van der Waals surface area contributed by atoms with Crippen molar-refractivity contribution >= 4 is 55.1 Å². The second-order valence-corrected chi connectivity index (χ2v) is 8.70. The summed E-state index contributed by atoms with van der Waals surface area (Å²) in [5.74, 6) is 0. The quantitative estimate of drug-likeness (QED) is 0.415. The highest BCUT2D eigenvalue weighted by Gasteiger charge is 2.21. The maximum Gasteiger partial charge on any atom is 0.268 e. The van der Waals surface area contributed by atoms with Gasteiger partial charge in [0.15, 0.2) is 0 Å². The van der Waals surface area contributed by atoms with E-state index in [-0.39, 0.29) is 4.90 Å². The lowest BCUT2D eigenvalue weighted by atomic mass is 10.1. The van der Waals surface area contributed by atoms with Gasteiger partial charge in [0.1, 0.15) is 0 Å². The molecule has 0 aliphatic rings. The fourth-order valence-electron chi connectivity index (χ4n) is 2.56. The van der Waals surface area contributed by atoms with Crippen LogP contribution in [0.3, 0.4) is 0 Å². The smallest absolute Gasteiger partial charge is 0.241 e. The molecule has 1 heterocycles. The van der Waals surface area contributed by atoms with Gasteiger partial charge in [-0.25, -0.2) is 12.4 Å². The number of alkyl halides is 1. The summed E-state index contributed by atoms with van der Waals surface area (Å²) in [6.45, 7) is 1.93. The van der Waals surface area contributed by atoms with Gasteiger partial charge in [-0.1, -0.05) is 58.0 Å². The molecule has 0 aliphatic carbocycles. The van der Waals surface area contributed by atoms with Gasteiger partial charge >= 0.3 is 0 Å². The van der Waals surface area contributed by atoms with E-state index >= 15 is 0 Å². The molecule has 0 spiro atoms. The molecule has 0 fully saturated rings. The number of halogens is 2. The molecule has 0 bridgehead atoms. The molecular formula is C17H15ClINO2S. The molecule has 0 saturated heterocycles. The standard InChI is InChI=1S/C17H15ClINO2S/c1-12-2-5-15(6-3-12)23(21,22)20-11-13(8-9-19)16-7-4-14(18)10-17(16)20/h2-7,10-11H,8-9H2,1H3. The van der Waals surface area contributed by atoms with Crippen molar-refractivity contribution in [1.82, 2.24) is 3.97 Å². The molecule has 6 heteroatoms. The van der Waals surface area contributed by atoms with Crippen LogP contribution in [0.15, 0.2) is 53.6 Å². The van der Waals surface area contributed by atoms with Gasteiger partial charge < -0.3 is 0 Å². The minimum absolute atomic E-state index is 0.279. The van der Waals surface area contributed by atoms with Crippen molar-refractivity contribution in [1.29, 1.82) is 0 Å². The van der Waals surface area contributed by atoms with Crippen LogP contribution >= 0.6 is 34.2 Å². The Morgan fingerprint density at radius 2 is 1.83 bits per heavy atom. The van der Waals surface area contributed by atoms with Crippen molar-refractivity contribution in [2.75, 3.05) is 4.43 Å². The van der Waals surface area contributed by atoms with E-state index in [4.69, 9.17) is 11.6 Å². The second kappa shape index (κ2) is 6.45. The third kappa shape index (κ3) is 3.14. The Morgan fingerprint density at radius 3 is 2.48 bits per heavy atom. The first-order valence-corrected chi connectivity index (χ1v) is 10.5. The first-order valence-electron chi connectivity index (χ1n) is 7.11. The summed E-state index contributed by atoms with van der Waals surface area (Å²) < 4.78 is 28.3. The number of benzene rings is 2. The molecule has 0 N–H and O–H groups in total. The van der Waals surface area contributed by atoms with Gasteiger partial charge in [-0.15, -0.1) is 0 Å². The van der Waals surface area contributed by atoms with Gasteiger partial charge in [0.25, 0.3) is 10.0 Å². The molecule has 1 aromatic heterocycles. The van der Waals surface area contributed by atoms with E-state index in [0.29, 0.717) is 10.5 Å². The Labute approximate surface area is 154 Å². The van der Waals surface area contributed by atoms with Crippen LogP contribution in [-0.4, -0.2) is 16.8 Å². The third-order valence-electron chi connectivity index (χ3n) is 3.76. The summed E-state index contributed by atoms with van der Waals surface area (Å²) in [6.07, 6.45) is 2.53. The van der Waals surface area contributed by atoms with Crippen LogP contribution in [0.1, 0.15) is 11.1 Å². The van der Waals surface area contributed by atoms with Crippen LogP contribution in [0.25, 0.3) is 10.9 Å². The Balaban J connectivity index is 2.26. The van der Waals surface area contributed by atoms with Gasteiger partial charge in [-0.05, 0) is 43.2 Å². The molecular weight excluding hydrogens is 445 g/mol. The Morgan fingerprint density at radius 1 is 1.13 bits per heavy atom. The van der Waals surface area contributed by atoms with Crippen LogP contribution in [0.4, 0.5) is 0 Å². The Bertz CT molecular complexity index is 962. The zero-order chi connectivity index (χ0) is 16.6. The molecule has 3 rings (SSSR count). The fraction of sp³-hybridized carbons (Fsp3) is 0.176. The lowest BCUT2D eigenvalue weighted by Crippen LogP contribution is -2.11. The van der Waals surface area contributed by atoms with Gasteiger partial charge in [0, 0.05) is 21.0 Å². The van der Waals surface area contributed by atoms with E-state index in [1.165, 1.54) is 3.97 Å². The van der Waals surface area contributed by atoms with Gasteiger partial charge in [-0.3, -0.25) is 0 Å². The van der Waals surface area contributed by atoms with Crippen molar-refractivity contribution < 1.29 is 8.42 Å². The van der Waals surface area contributed by atoms with Crippen LogP contribution < -0.4 is 0 Å². The van der Waals surface area contributed by atoms with Crippen LogP contribution in [0.2, 0.25) is 5.02 Å². The van der Waals surface area contributed by atoms with Crippen molar-refractivity contribution in [3.05, 3.63) is 64.8 Å². The molecule has 23 heavy (non-hydrogen) atoms. The number of fused-ring (bicyclic) bond motifs is 1. The predicted octanol–water partition coefficient (Wildman–Crippen LogP) is 4.82. The van der Waals surface area contributed by atoms with Gasteiger partial charge in [-0.2, -0.15) is 0 Å². The zero-order valence-electron chi connectivity index (χ0n) is 12.5. The minimum Gasteiger partial charge on any atom is -0.241 e. The van der Waals surface area contributed by atoms with Crippen molar-refractivity contribution in [2.45, 2.75) is 18.2 Å². The molecule has 3 aromatic rings. The van der Waals surface area contributed by atoms with Crippen molar-refractivity contribution in [3.8, 4) is 0 Å². The number of hydrogen-bond donors (Lipinski definition) is 0. The number of aromatic nitrogens is 1. The molecule has 0 saturated carbocycles. The summed E-state index contributed by atoms with van der Waals surface area (Å²) >= 11 is 8.38. The number of hydrogen-bond acceptors (Lipinski definition) is 2. The normalized spacial score (nSPS) is 12.0. The topological polar surface area (TPSA) is 39.1 Å². The van der Waals surface area contributed by atoms with E-state index in [1.807, 2.05) is 13.0 Å². The molecule has 0 aliphatic heterocycles. The van der Waals surface area contributed by atoms with Crippen molar-refractivity contribution in [3.63, 3.8) is 0 Å². The maximum atomic E-state index is 13.0. The first kappa shape index (κ1) is 16.8. The summed E-state index contributed by atoms with van der Waals surface area (Å²) in [7, 11) is -3.64. The fourth-order valence-corrected chi connectivity index (χ4v) is 4.69. The van der Waals surface area contributed by atoms with Crippen LogP contribution in [0.5, 0.6) is 0 Å². The van der Waals surface area contributed by atoms with Crippen LogP contribution in [-0.2, 0) is 16.4 Å². The highest BCUT2D eigenvalue weighted by Crippen LogP contribution is 2.29. The maximum absolute atomic E-state index is 13.0. The summed E-state index contributed by atoms with van der Waals surface area (Å²) in [6, 6.07) is 12.3. The molecule has 0 atom stereocenters. The Hall–Kier alpha value is -1.05. The molecule has 0 unspecified atom stereocenters. The highest BCUT2D eigenvalue weighted by molar-refractivity contribution is 14.1. The predicted molar refractivity (Wildman–Crippen MR) is 103 cm³/mol. The highest BCUT2D eigenvalue weighted by atomic mass is 127. The third-order valence-corrected chi connectivity index (χ3v) is 6.22. The molecule has 2 aromatic carbocycles. The molecule has 0 radical (unpaired) electrons. The second-order valence-electron chi connectivity index (χ2n) is 5.37. The van der Waals surface area contributed by atoms with E-state index in [0.717, 1.165) is 27.4 Å². The van der Waals surface area contributed by atoms with Gasteiger partial charge in [0.05, 0.1) is 10.4 Å². The van der Waals surface area contributed by atoms with E-state index in [2.05, 4.69) is 22.6 Å². The summed E-state index contributed by atoms with van der Waals surface area (Å²) in [4.78, 5) is 0.279. The van der Waals surface area contributed by atoms with Crippen LogP contribution in [0, 0.1) is 6.92 Å². The van der Waals surface area contributed by atoms with E-state index in [9.17, 15) is 8.42 Å². The Kier molecular flexibility index (Phi) is 4.71. The average Bonchev–Trinajstić information content (AvgIpc) is 2.87. The lowest BCUT2D eigenvalue weighted by molar-refractivity contribution is 0.589. The summed E-state index contributed by atoms with van der Waals surface area (Å²) in [5, 5.41) is 1.46. The largest absolute Gasteiger partial charge is 0.268 e. The average molecular weight is 460 g/mol. The van der Waals surface area contributed by atoms with E-state index < -0.39 is 10.0 Å². The summed E-state index contributed by atoms with van der Waals surface area (Å²) in [5.41, 5.74) is 2.66. The monoisotopic (exact) mass is 459 g/mol. The first-order chi connectivity index (χ1) is 10.9. The van der Waals surface area contributed by atoms with Crippen molar-refractivity contribution in [2.24, 2.45) is 0 Å². The number of nitrogens with zero attached hydrogens (tertiary/aromatic N) is 1. The van der Waals surface area contributed by atoms with E-state index in [1.54, 1.807) is 42.6 Å². The number of aryl methyl sites for hydroxylation is 2. The zero-order valence-corrected chi connectivity index (χ0v) is 16.2. The molecule has 0 amide bonds.